The third kappa shape index (κ3) is 4.60. The molecule has 0 bridgehead atoms. The number of carbonyl (C=O) groups excluding carboxylic acids is 2. The Morgan fingerprint density at radius 2 is 1.86 bits per heavy atom. The van der Waals surface area contributed by atoms with Crippen molar-refractivity contribution in [3.63, 3.8) is 0 Å². The van der Waals surface area contributed by atoms with E-state index in [1.165, 1.54) is 0 Å². The molecule has 1 aliphatic rings. The van der Waals surface area contributed by atoms with Crippen LogP contribution in [0.5, 0.6) is 0 Å². The third-order valence-electron chi connectivity index (χ3n) is 3.51. The van der Waals surface area contributed by atoms with Crippen LogP contribution in [0.25, 0.3) is 0 Å². The van der Waals surface area contributed by atoms with Gasteiger partial charge in [0.15, 0.2) is 0 Å². The molecule has 2 amide bonds. The Balaban J connectivity index is 1.80. The maximum atomic E-state index is 12.1. The molecule has 2 rings (SSSR count). The predicted octanol–water partition coefficient (Wildman–Crippen LogP) is 2.25. The quantitative estimate of drug-likeness (QED) is 0.832. The van der Waals surface area contributed by atoms with Crippen molar-refractivity contribution in [1.82, 2.24) is 10.2 Å². The number of nitrogens with zero attached hydrogens (tertiary/aromatic N) is 1. The maximum Gasteiger partial charge on any atom is 0.228 e. The normalized spacial score (nSPS) is 19.9. The summed E-state index contributed by atoms with van der Waals surface area (Å²) < 4.78 is 0. The molecule has 0 spiro atoms. The smallest absolute Gasteiger partial charge is 0.228 e. The van der Waals surface area contributed by atoms with Crippen LogP contribution in [0.1, 0.15) is 6.42 Å². The molecule has 2 unspecified atom stereocenters. The van der Waals surface area contributed by atoms with E-state index >= 15 is 0 Å². The van der Waals surface area contributed by atoms with Gasteiger partial charge in [-0.05, 0) is 38.7 Å². The van der Waals surface area contributed by atoms with E-state index in [4.69, 9.17) is 23.2 Å². The molecule has 5 nitrogen and oxygen atoms in total. The molecule has 22 heavy (non-hydrogen) atoms. The van der Waals surface area contributed by atoms with E-state index in [1.807, 2.05) is 19.0 Å². The second-order valence-corrected chi connectivity index (χ2v) is 6.48. The first-order valence-electron chi connectivity index (χ1n) is 7.07. The summed E-state index contributed by atoms with van der Waals surface area (Å²) >= 11 is 11.7. The zero-order chi connectivity index (χ0) is 16.3. The van der Waals surface area contributed by atoms with E-state index in [-0.39, 0.29) is 23.7 Å². The highest BCUT2D eigenvalue weighted by Gasteiger charge is 2.47. The molecule has 2 atom stereocenters. The highest BCUT2D eigenvalue weighted by molar-refractivity contribution is 6.42. The molecule has 2 N–H and O–H groups in total. The first-order chi connectivity index (χ1) is 10.4. The zero-order valence-electron chi connectivity index (χ0n) is 12.5. The lowest BCUT2D eigenvalue weighted by Crippen LogP contribution is -2.33. The summed E-state index contributed by atoms with van der Waals surface area (Å²) in [5.41, 5.74) is 0.582. The van der Waals surface area contributed by atoms with Gasteiger partial charge in [0.25, 0.3) is 0 Å². The average molecular weight is 344 g/mol. The second kappa shape index (κ2) is 7.31. The Morgan fingerprint density at radius 1 is 1.18 bits per heavy atom. The van der Waals surface area contributed by atoms with Crippen LogP contribution in [0, 0.1) is 11.8 Å². The molecular weight excluding hydrogens is 325 g/mol. The lowest BCUT2D eigenvalue weighted by atomic mass is 10.2. The molecular formula is C15H19Cl2N3O2. The van der Waals surface area contributed by atoms with Crippen LogP contribution in [0.4, 0.5) is 5.69 Å². The minimum Gasteiger partial charge on any atom is -0.355 e. The number of anilines is 1. The van der Waals surface area contributed by atoms with Gasteiger partial charge >= 0.3 is 0 Å². The van der Waals surface area contributed by atoms with Crippen molar-refractivity contribution >= 4 is 40.7 Å². The van der Waals surface area contributed by atoms with Gasteiger partial charge in [-0.3, -0.25) is 9.59 Å². The van der Waals surface area contributed by atoms with Gasteiger partial charge in [-0.2, -0.15) is 0 Å². The van der Waals surface area contributed by atoms with Gasteiger partial charge in [0.2, 0.25) is 11.8 Å². The molecule has 1 saturated carbocycles. The molecule has 120 valence electrons. The molecule has 0 aromatic heterocycles. The van der Waals surface area contributed by atoms with Gasteiger partial charge in [0.05, 0.1) is 21.9 Å². The number of likely N-dealkylation sites (N-methyl/N-ethyl adjacent to an activating group) is 1. The topological polar surface area (TPSA) is 61.4 Å². The zero-order valence-corrected chi connectivity index (χ0v) is 14.0. The number of hydrogen-bond acceptors (Lipinski definition) is 3. The predicted molar refractivity (Wildman–Crippen MR) is 88.3 cm³/mol. The number of halogens is 2. The summed E-state index contributed by atoms with van der Waals surface area (Å²) in [5.74, 6) is -0.721. The highest BCUT2D eigenvalue weighted by Crippen LogP contribution is 2.39. The first-order valence-corrected chi connectivity index (χ1v) is 7.82. The SMILES string of the molecule is CN(C)CCNC(=O)C1CC1C(=O)Nc1ccc(Cl)c(Cl)c1. The monoisotopic (exact) mass is 343 g/mol. The average Bonchev–Trinajstić information content (AvgIpc) is 3.23. The number of benzene rings is 1. The van der Waals surface area contributed by atoms with E-state index < -0.39 is 0 Å². The summed E-state index contributed by atoms with van der Waals surface area (Å²) in [4.78, 5) is 26.0. The van der Waals surface area contributed by atoms with Gasteiger partial charge < -0.3 is 15.5 Å². The van der Waals surface area contributed by atoms with E-state index in [9.17, 15) is 9.59 Å². The van der Waals surface area contributed by atoms with Crippen molar-refractivity contribution < 1.29 is 9.59 Å². The fourth-order valence-electron chi connectivity index (χ4n) is 2.12. The van der Waals surface area contributed by atoms with Crippen LogP contribution >= 0.6 is 23.2 Å². The molecule has 1 aliphatic carbocycles. The van der Waals surface area contributed by atoms with Crippen LogP contribution in [0.15, 0.2) is 18.2 Å². The maximum absolute atomic E-state index is 12.1. The van der Waals surface area contributed by atoms with E-state index in [0.717, 1.165) is 6.54 Å². The van der Waals surface area contributed by atoms with Crippen molar-refractivity contribution in [1.29, 1.82) is 0 Å². The number of amides is 2. The molecule has 0 radical (unpaired) electrons. The lowest BCUT2D eigenvalue weighted by molar-refractivity contribution is -0.125. The summed E-state index contributed by atoms with van der Waals surface area (Å²) in [6.07, 6.45) is 0.584. The van der Waals surface area contributed by atoms with Crippen molar-refractivity contribution in [2.45, 2.75) is 6.42 Å². The Kier molecular flexibility index (Phi) is 5.67. The van der Waals surface area contributed by atoms with Gasteiger partial charge in [0, 0.05) is 18.8 Å². The lowest BCUT2D eigenvalue weighted by Gasteiger charge is -2.10. The molecule has 0 saturated heterocycles. The van der Waals surface area contributed by atoms with Crippen molar-refractivity contribution in [2.75, 3.05) is 32.5 Å². The number of nitrogens with one attached hydrogen (secondary N) is 2. The molecule has 1 fully saturated rings. The third-order valence-corrected chi connectivity index (χ3v) is 4.25. The number of carbonyl (C=O) groups is 2. The Morgan fingerprint density at radius 3 is 2.50 bits per heavy atom. The Labute approximate surface area is 139 Å². The summed E-state index contributed by atoms with van der Waals surface area (Å²) in [5, 5.41) is 6.42. The molecule has 1 aromatic carbocycles. The van der Waals surface area contributed by atoms with E-state index in [1.54, 1.807) is 18.2 Å². The van der Waals surface area contributed by atoms with E-state index in [2.05, 4.69) is 10.6 Å². The molecule has 1 aromatic rings. The summed E-state index contributed by atoms with van der Waals surface area (Å²) in [6, 6.07) is 4.90. The van der Waals surface area contributed by atoms with Crippen LogP contribution in [-0.2, 0) is 9.59 Å². The van der Waals surface area contributed by atoms with Gasteiger partial charge in [-0.1, -0.05) is 23.2 Å². The summed E-state index contributed by atoms with van der Waals surface area (Å²) in [7, 11) is 3.88. The van der Waals surface area contributed by atoms with Crippen LogP contribution in [0.3, 0.4) is 0 Å². The fraction of sp³-hybridized carbons (Fsp3) is 0.467. The minimum atomic E-state index is -0.270. The largest absolute Gasteiger partial charge is 0.355 e. The molecule has 7 heteroatoms. The van der Waals surface area contributed by atoms with Crippen LogP contribution in [0.2, 0.25) is 10.0 Å². The minimum absolute atomic E-state index is 0.0591. The van der Waals surface area contributed by atoms with E-state index in [0.29, 0.717) is 28.7 Å². The number of hydrogen-bond donors (Lipinski definition) is 2. The first kappa shape index (κ1) is 17.1. The van der Waals surface area contributed by atoms with Gasteiger partial charge in [0.1, 0.15) is 0 Å². The van der Waals surface area contributed by atoms with Crippen molar-refractivity contribution in [2.24, 2.45) is 11.8 Å². The molecule has 0 aliphatic heterocycles. The Hall–Kier alpha value is -1.30. The van der Waals surface area contributed by atoms with Crippen LogP contribution in [-0.4, -0.2) is 43.9 Å². The van der Waals surface area contributed by atoms with Crippen molar-refractivity contribution in [3.05, 3.63) is 28.2 Å². The Bertz CT molecular complexity index is 578. The standard InChI is InChI=1S/C15H19Cl2N3O2/c1-20(2)6-5-18-14(21)10-8-11(10)15(22)19-9-3-4-12(16)13(17)7-9/h3-4,7,10-11H,5-6,8H2,1-2H3,(H,18,21)(H,19,22). The number of rotatable bonds is 6. The van der Waals surface area contributed by atoms with Crippen LogP contribution < -0.4 is 10.6 Å². The molecule has 0 heterocycles. The van der Waals surface area contributed by atoms with Gasteiger partial charge in [-0.15, -0.1) is 0 Å². The highest BCUT2D eigenvalue weighted by atomic mass is 35.5. The second-order valence-electron chi connectivity index (χ2n) is 5.66. The fourth-order valence-corrected chi connectivity index (χ4v) is 2.42. The van der Waals surface area contributed by atoms with Crippen molar-refractivity contribution in [3.8, 4) is 0 Å². The van der Waals surface area contributed by atoms with Gasteiger partial charge in [-0.25, -0.2) is 0 Å². The summed E-state index contributed by atoms with van der Waals surface area (Å²) in [6.45, 7) is 1.36.